The quantitative estimate of drug-likeness (QED) is 0.301. The highest BCUT2D eigenvalue weighted by atomic mass is 35.5. The summed E-state index contributed by atoms with van der Waals surface area (Å²) in [5.74, 6) is -0.893. The number of hydrogen-bond acceptors (Lipinski definition) is 3. The van der Waals surface area contributed by atoms with Gasteiger partial charge in [0.25, 0.3) is 0 Å². The number of ether oxygens (including phenoxy) is 1. The number of esters is 1. The Morgan fingerprint density at radius 1 is 1.04 bits per heavy atom. The van der Waals surface area contributed by atoms with E-state index in [2.05, 4.69) is 12.2 Å². The predicted molar refractivity (Wildman–Crippen MR) is 103 cm³/mol. The van der Waals surface area contributed by atoms with Gasteiger partial charge in [0.15, 0.2) is 0 Å². The molecule has 0 aliphatic heterocycles. The molecular weight excluding hydrogens is 338 g/mol. The first-order valence-electron chi connectivity index (χ1n) is 9.03. The molecule has 0 unspecified atom stereocenters. The van der Waals surface area contributed by atoms with E-state index < -0.39 is 11.9 Å². The Morgan fingerprint density at radius 2 is 1.72 bits per heavy atom. The Morgan fingerprint density at radius 3 is 2.40 bits per heavy atom. The monoisotopic (exact) mass is 365 g/mol. The molecule has 25 heavy (non-hydrogen) atoms. The zero-order valence-electron chi connectivity index (χ0n) is 14.9. The number of nitrogens with one attached hydrogen (secondary N) is 1. The fourth-order valence-corrected chi connectivity index (χ4v) is 2.54. The van der Waals surface area contributed by atoms with Gasteiger partial charge in [0.2, 0.25) is 5.91 Å². The molecule has 1 aromatic carbocycles. The second-order valence-electron chi connectivity index (χ2n) is 5.98. The van der Waals surface area contributed by atoms with Crippen molar-refractivity contribution in [2.75, 3.05) is 11.9 Å². The second-order valence-corrected chi connectivity index (χ2v) is 6.41. The molecule has 0 heterocycles. The number of carbonyl (C=O) groups is 2. The molecule has 0 aliphatic carbocycles. The third kappa shape index (κ3) is 11.4. The third-order valence-electron chi connectivity index (χ3n) is 3.71. The maximum Gasteiger partial charge on any atom is 0.330 e. The van der Waals surface area contributed by atoms with Crippen molar-refractivity contribution >= 4 is 29.2 Å². The van der Waals surface area contributed by atoms with Gasteiger partial charge >= 0.3 is 5.97 Å². The van der Waals surface area contributed by atoms with E-state index in [1.54, 1.807) is 24.3 Å². The maximum absolute atomic E-state index is 11.7. The molecule has 4 nitrogen and oxygen atoms in total. The van der Waals surface area contributed by atoms with Crippen LogP contribution < -0.4 is 5.32 Å². The van der Waals surface area contributed by atoms with E-state index in [1.807, 2.05) is 0 Å². The van der Waals surface area contributed by atoms with Gasteiger partial charge in [-0.3, -0.25) is 4.79 Å². The van der Waals surface area contributed by atoms with E-state index >= 15 is 0 Å². The first-order valence-corrected chi connectivity index (χ1v) is 9.41. The van der Waals surface area contributed by atoms with Crippen LogP contribution in [0, 0.1) is 0 Å². The highest BCUT2D eigenvalue weighted by Gasteiger charge is 2.01. The van der Waals surface area contributed by atoms with Gasteiger partial charge in [0.1, 0.15) is 0 Å². The summed E-state index contributed by atoms with van der Waals surface area (Å²) in [6.45, 7) is 2.61. The summed E-state index contributed by atoms with van der Waals surface area (Å²) in [6.07, 6.45) is 11.8. The van der Waals surface area contributed by atoms with Crippen molar-refractivity contribution in [3.8, 4) is 0 Å². The molecule has 0 saturated heterocycles. The molecule has 0 aliphatic rings. The Hall–Kier alpha value is -1.81. The zero-order valence-corrected chi connectivity index (χ0v) is 15.7. The highest BCUT2D eigenvalue weighted by molar-refractivity contribution is 6.30. The van der Waals surface area contributed by atoms with Crippen molar-refractivity contribution in [2.45, 2.75) is 58.3 Å². The van der Waals surface area contributed by atoms with Crippen LogP contribution in [-0.2, 0) is 14.3 Å². The van der Waals surface area contributed by atoms with Gasteiger partial charge in [0.05, 0.1) is 6.61 Å². The van der Waals surface area contributed by atoms with Gasteiger partial charge < -0.3 is 10.1 Å². The summed E-state index contributed by atoms with van der Waals surface area (Å²) in [4.78, 5) is 23.3. The number of unbranched alkanes of at least 4 members (excludes halogenated alkanes) is 7. The molecule has 1 N–H and O–H groups in total. The fraction of sp³-hybridized carbons (Fsp3) is 0.500. The number of halogens is 1. The lowest BCUT2D eigenvalue weighted by Crippen LogP contribution is -2.09. The van der Waals surface area contributed by atoms with Gasteiger partial charge in [-0.2, -0.15) is 0 Å². The van der Waals surface area contributed by atoms with Crippen molar-refractivity contribution in [1.29, 1.82) is 0 Å². The number of rotatable bonds is 12. The number of carbonyl (C=O) groups excluding carboxylic acids is 2. The summed E-state index contributed by atoms with van der Waals surface area (Å²) < 4.78 is 5.08. The molecule has 0 bridgehead atoms. The smallest absolute Gasteiger partial charge is 0.330 e. The molecule has 138 valence electrons. The number of hydrogen-bond donors (Lipinski definition) is 1. The highest BCUT2D eigenvalue weighted by Crippen LogP contribution is 2.14. The molecule has 1 aromatic rings. The maximum atomic E-state index is 11.7. The number of amides is 1. The molecule has 0 fully saturated rings. The van der Waals surface area contributed by atoms with E-state index in [0.717, 1.165) is 25.0 Å². The number of benzene rings is 1. The van der Waals surface area contributed by atoms with Crippen LogP contribution in [0.4, 0.5) is 5.69 Å². The summed E-state index contributed by atoms with van der Waals surface area (Å²) in [7, 11) is 0. The average Bonchev–Trinajstić information content (AvgIpc) is 2.58. The van der Waals surface area contributed by atoms with Gasteiger partial charge in [-0.25, -0.2) is 4.79 Å². The van der Waals surface area contributed by atoms with E-state index in [4.69, 9.17) is 16.3 Å². The molecule has 1 amide bonds. The zero-order chi connectivity index (χ0) is 18.3. The van der Waals surface area contributed by atoms with Crippen LogP contribution in [0.15, 0.2) is 36.4 Å². The van der Waals surface area contributed by atoms with Gasteiger partial charge in [-0.1, -0.05) is 69.5 Å². The van der Waals surface area contributed by atoms with Crippen LogP contribution in [0.3, 0.4) is 0 Å². The molecule has 1 rings (SSSR count). The minimum atomic E-state index is -0.496. The summed E-state index contributed by atoms with van der Waals surface area (Å²) in [6, 6.07) is 6.81. The summed E-state index contributed by atoms with van der Waals surface area (Å²) in [5.41, 5.74) is 0.578. The fourth-order valence-electron chi connectivity index (χ4n) is 2.35. The van der Waals surface area contributed by atoms with Crippen molar-refractivity contribution in [3.63, 3.8) is 0 Å². The van der Waals surface area contributed by atoms with Crippen LogP contribution in [0.25, 0.3) is 0 Å². The van der Waals surface area contributed by atoms with Crippen LogP contribution in [0.2, 0.25) is 5.02 Å². The van der Waals surface area contributed by atoms with Crippen LogP contribution in [0.5, 0.6) is 0 Å². The summed E-state index contributed by atoms with van der Waals surface area (Å²) in [5, 5.41) is 3.16. The first kappa shape index (κ1) is 21.2. The van der Waals surface area contributed by atoms with E-state index in [1.165, 1.54) is 38.5 Å². The van der Waals surface area contributed by atoms with Crippen molar-refractivity contribution in [3.05, 3.63) is 41.4 Å². The molecule has 0 saturated carbocycles. The van der Waals surface area contributed by atoms with E-state index in [0.29, 0.717) is 17.3 Å². The number of anilines is 1. The van der Waals surface area contributed by atoms with Crippen molar-refractivity contribution in [1.82, 2.24) is 0 Å². The molecule has 0 spiro atoms. The predicted octanol–water partition coefficient (Wildman–Crippen LogP) is 5.52. The average molecular weight is 366 g/mol. The second kappa shape index (κ2) is 13.5. The lowest BCUT2D eigenvalue weighted by molar-refractivity contribution is -0.138. The van der Waals surface area contributed by atoms with Gasteiger partial charge in [0, 0.05) is 22.9 Å². The molecule has 0 atom stereocenters. The minimum Gasteiger partial charge on any atom is -0.463 e. The lowest BCUT2D eigenvalue weighted by atomic mass is 10.1. The largest absolute Gasteiger partial charge is 0.463 e. The van der Waals surface area contributed by atoms with Crippen molar-refractivity contribution in [2.24, 2.45) is 0 Å². The first-order chi connectivity index (χ1) is 12.1. The minimum absolute atomic E-state index is 0.397. The Labute approximate surface area is 155 Å². The van der Waals surface area contributed by atoms with Crippen LogP contribution >= 0.6 is 11.6 Å². The van der Waals surface area contributed by atoms with E-state index in [-0.39, 0.29) is 0 Å². The van der Waals surface area contributed by atoms with Gasteiger partial charge in [-0.15, -0.1) is 0 Å². The standard InChI is InChI=1S/C20H28ClNO3/c1-2-3-4-5-6-7-8-9-15-25-20(24)14-13-19(23)22-18-12-10-11-17(21)16-18/h10-14,16H,2-9,15H2,1H3,(H,22,23)/b14-13+. The molecular formula is C20H28ClNO3. The van der Waals surface area contributed by atoms with Crippen LogP contribution in [-0.4, -0.2) is 18.5 Å². The Bertz CT molecular complexity index is 558. The molecule has 0 aromatic heterocycles. The van der Waals surface area contributed by atoms with Crippen LogP contribution in [0.1, 0.15) is 58.3 Å². The molecule has 0 radical (unpaired) electrons. The van der Waals surface area contributed by atoms with Gasteiger partial charge in [-0.05, 0) is 24.6 Å². The SMILES string of the molecule is CCCCCCCCCCOC(=O)/C=C/C(=O)Nc1cccc(Cl)c1. The topological polar surface area (TPSA) is 55.4 Å². The third-order valence-corrected chi connectivity index (χ3v) is 3.94. The molecule has 5 heteroatoms. The van der Waals surface area contributed by atoms with E-state index in [9.17, 15) is 9.59 Å². The normalized spacial score (nSPS) is 10.8. The Balaban J connectivity index is 2.09. The lowest BCUT2D eigenvalue weighted by Gasteiger charge is -2.03. The summed E-state index contributed by atoms with van der Waals surface area (Å²) >= 11 is 5.84. The van der Waals surface area contributed by atoms with Crippen molar-refractivity contribution < 1.29 is 14.3 Å². The Kier molecular flexibility index (Phi) is 11.4.